The van der Waals surface area contributed by atoms with Gasteiger partial charge in [-0.25, -0.2) is 9.78 Å². The lowest BCUT2D eigenvalue weighted by atomic mass is 9.96. The predicted octanol–water partition coefficient (Wildman–Crippen LogP) is 1.25. The number of nitrogens with one attached hydrogen (secondary N) is 1. The van der Waals surface area contributed by atoms with Crippen LogP contribution in [0.5, 0.6) is 5.75 Å². The molecular weight excluding hydrogens is 248 g/mol. The van der Waals surface area contributed by atoms with Crippen LogP contribution in [0.15, 0.2) is 18.3 Å². The van der Waals surface area contributed by atoms with Gasteiger partial charge in [0.15, 0.2) is 5.69 Å². The molecule has 0 aliphatic carbocycles. The maximum absolute atomic E-state index is 12.0. The Morgan fingerprint density at radius 1 is 1.53 bits per heavy atom. The fourth-order valence-corrected chi connectivity index (χ4v) is 1.82. The standard InChI is InChI=1S/C13H18N2O4/c1-4-7-13(2,12(18)19-3)15-11(17)10-9(16)6-5-8-14-10/h5-6,8,16H,4,7H2,1-3H3,(H,15,17). The molecule has 0 aliphatic heterocycles. The third-order valence-corrected chi connectivity index (χ3v) is 2.78. The quantitative estimate of drug-likeness (QED) is 0.783. The molecule has 1 rings (SSSR count). The number of carbonyl (C=O) groups excluding carboxylic acids is 2. The molecule has 6 heteroatoms. The van der Waals surface area contributed by atoms with Gasteiger partial charge in [0.25, 0.3) is 5.91 Å². The summed E-state index contributed by atoms with van der Waals surface area (Å²) in [5, 5.41) is 12.1. The van der Waals surface area contributed by atoms with E-state index in [9.17, 15) is 14.7 Å². The number of aromatic hydroxyl groups is 1. The molecule has 0 spiro atoms. The number of hydrogen-bond acceptors (Lipinski definition) is 5. The van der Waals surface area contributed by atoms with Gasteiger partial charge in [0.2, 0.25) is 0 Å². The first-order valence-corrected chi connectivity index (χ1v) is 5.99. The van der Waals surface area contributed by atoms with Crippen LogP contribution in [0, 0.1) is 0 Å². The topological polar surface area (TPSA) is 88.5 Å². The number of rotatable bonds is 5. The predicted molar refractivity (Wildman–Crippen MR) is 68.7 cm³/mol. The maximum atomic E-state index is 12.0. The average Bonchev–Trinajstić information content (AvgIpc) is 2.38. The van der Waals surface area contributed by atoms with Crippen molar-refractivity contribution in [2.24, 2.45) is 0 Å². The zero-order chi connectivity index (χ0) is 14.5. The van der Waals surface area contributed by atoms with Crippen molar-refractivity contribution in [2.75, 3.05) is 7.11 Å². The van der Waals surface area contributed by atoms with E-state index >= 15 is 0 Å². The van der Waals surface area contributed by atoms with Crippen molar-refractivity contribution in [1.29, 1.82) is 0 Å². The lowest BCUT2D eigenvalue weighted by molar-refractivity contribution is -0.147. The van der Waals surface area contributed by atoms with Crippen LogP contribution in [0.4, 0.5) is 0 Å². The minimum absolute atomic E-state index is 0.117. The third-order valence-electron chi connectivity index (χ3n) is 2.78. The fraction of sp³-hybridized carbons (Fsp3) is 0.462. The van der Waals surface area contributed by atoms with E-state index < -0.39 is 17.4 Å². The molecule has 0 aromatic carbocycles. The molecule has 0 bridgehead atoms. The molecule has 19 heavy (non-hydrogen) atoms. The van der Waals surface area contributed by atoms with Gasteiger partial charge in [-0.05, 0) is 25.5 Å². The minimum Gasteiger partial charge on any atom is -0.505 e. The highest BCUT2D eigenvalue weighted by atomic mass is 16.5. The zero-order valence-electron chi connectivity index (χ0n) is 11.3. The summed E-state index contributed by atoms with van der Waals surface area (Å²) in [6, 6.07) is 2.87. The minimum atomic E-state index is -1.13. The van der Waals surface area contributed by atoms with E-state index in [0.717, 1.165) is 0 Å². The number of nitrogens with zero attached hydrogens (tertiary/aromatic N) is 1. The molecular formula is C13H18N2O4. The lowest BCUT2D eigenvalue weighted by Gasteiger charge is -2.27. The Morgan fingerprint density at radius 3 is 2.74 bits per heavy atom. The van der Waals surface area contributed by atoms with Crippen molar-refractivity contribution < 1.29 is 19.4 Å². The first kappa shape index (κ1) is 14.9. The van der Waals surface area contributed by atoms with Crippen molar-refractivity contribution >= 4 is 11.9 Å². The normalized spacial score (nSPS) is 13.4. The molecule has 0 aliphatic rings. The SMILES string of the molecule is CCCC(C)(NC(=O)c1ncccc1O)C(=O)OC. The van der Waals surface area contributed by atoms with Gasteiger partial charge in [-0.1, -0.05) is 13.3 Å². The van der Waals surface area contributed by atoms with Crippen LogP contribution in [0.25, 0.3) is 0 Å². The van der Waals surface area contributed by atoms with E-state index in [0.29, 0.717) is 12.8 Å². The number of aromatic nitrogens is 1. The van der Waals surface area contributed by atoms with Crippen LogP contribution in [0.2, 0.25) is 0 Å². The van der Waals surface area contributed by atoms with Crippen LogP contribution in [-0.4, -0.2) is 34.6 Å². The highest BCUT2D eigenvalue weighted by Gasteiger charge is 2.36. The van der Waals surface area contributed by atoms with Crippen molar-refractivity contribution in [2.45, 2.75) is 32.2 Å². The molecule has 0 saturated heterocycles. The van der Waals surface area contributed by atoms with Gasteiger partial charge in [0.1, 0.15) is 11.3 Å². The summed E-state index contributed by atoms with van der Waals surface area (Å²) in [4.78, 5) is 27.6. The van der Waals surface area contributed by atoms with Crippen molar-refractivity contribution in [1.82, 2.24) is 10.3 Å². The molecule has 1 unspecified atom stereocenters. The first-order chi connectivity index (χ1) is 8.94. The molecule has 2 N–H and O–H groups in total. The number of hydrogen-bond donors (Lipinski definition) is 2. The summed E-state index contributed by atoms with van der Waals surface area (Å²) in [5.41, 5.74) is -1.25. The summed E-state index contributed by atoms with van der Waals surface area (Å²) >= 11 is 0. The van der Waals surface area contributed by atoms with Crippen LogP contribution in [0.3, 0.4) is 0 Å². The summed E-state index contributed by atoms with van der Waals surface area (Å²) < 4.78 is 4.70. The summed E-state index contributed by atoms with van der Waals surface area (Å²) in [5.74, 6) is -1.37. The fourth-order valence-electron chi connectivity index (χ4n) is 1.82. The summed E-state index contributed by atoms with van der Waals surface area (Å²) in [6.45, 7) is 3.48. The van der Waals surface area contributed by atoms with E-state index in [1.807, 2.05) is 6.92 Å². The van der Waals surface area contributed by atoms with Crippen LogP contribution in [0.1, 0.15) is 37.2 Å². The Morgan fingerprint density at radius 2 is 2.21 bits per heavy atom. The summed E-state index contributed by atoms with van der Waals surface area (Å²) in [7, 11) is 1.26. The summed E-state index contributed by atoms with van der Waals surface area (Å²) in [6.07, 6.45) is 2.52. The molecule has 0 saturated carbocycles. The number of esters is 1. The second-order valence-corrected chi connectivity index (χ2v) is 4.40. The molecule has 1 atom stereocenters. The maximum Gasteiger partial charge on any atom is 0.331 e. The second kappa shape index (κ2) is 6.17. The van der Waals surface area contributed by atoms with Gasteiger partial charge in [-0.2, -0.15) is 0 Å². The highest BCUT2D eigenvalue weighted by Crippen LogP contribution is 2.18. The smallest absolute Gasteiger partial charge is 0.331 e. The van der Waals surface area contributed by atoms with Crippen molar-refractivity contribution in [3.05, 3.63) is 24.0 Å². The van der Waals surface area contributed by atoms with Crippen LogP contribution >= 0.6 is 0 Å². The van der Waals surface area contributed by atoms with E-state index in [-0.39, 0.29) is 11.4 Å². The van der Waals surface area contributed by atoms with Crippen LogP contribution < -0.4 is 5.32 Å². The third kappa shape index (κ3) is 3.43. The molecule has 0 radical (unpaired) electrons. The Kier molecular flexibility index (Phi) is 4.86. The van der Waals surface area contributed by atoms with Gasteiger partial charge in [0, 0.05) is 6.20 Å². The van der Waals surface area contributed by atoms with E-state index in [1.165, 1.54) is 25.4 Å². The van der Waals surface area contributed by atoms with E-state index in [2.05, 4.69) is 10.3 Å². The van der Waals surface area contributed by atoms with Gasteiger partial charge < -0.3 is 15.2 Å². The first-order valence-electron chi connectivity index (χ1n) is 5.99. The van der Waals surface area contributed by atoms with Gasteiger partial charge in [0.05, 0.1) is 7.11 Å². The highest BCUT2D eigenvalue weighted by molar-refractivity contribution is 5.98. The van der Waals surface area contributed by atoms with Gasteiger partial charge >= 0.3 is 5.97 Å². The number of amides is 1. The van der Waals surface area contributed by atoms with Crippen molar-refractivity contribution in [3.8, 4) is 5.75 Å². The number of pyridine rings is 1. The molecule has 1 amide bonds. The van der Waals surface area contributed by atoms with Crippen molar-refractivity contribution in [3.63, 3.8) is 0 Å². The van der Waals surface area contributed by atoms with E-state index in [1.54, 1.807) is 6.92 Å². The Labute approximate surface area is 111 Å². The molecule has 1 aromatic rings. The number of carbonyl (C=O) groups is 2. The monoisotopic (exact) mass is 266 g/mol. The molecule has 104 valence electrons. The molecule has 0 fully saturated rings. The molecule has 1 aromatic heterocycles. The largest absolute Gasteiger partial charge is 0.505 e. The Bertz CT molecular complexity index is 475. The van der Waals surface area contributed by atoms with Gasteiger partial charge in [-0.15, -0.1) is 0 Å². The number of methoxy groups -OCH3 is 1. The van der Waals surface area contributed by atoms with Crippen LogP contribution in [-0.2, 0) is 9.53 Å². The molecule has 1 heterocycles. The number of ether oxygens (including phenoxy) is 1. The molecule has 6 nitrogen and oxygen atoms in total. The Hall–Kier alpha value is -2.11. The average molecular weight is 266 g/mol. The Balaban J connectivity index is 2.95. The second-order valence-electron chi connectivity index (χ2n) is 4.40. The zero-order valence-corrected chi connectivity index (χ0v) is 11.3. The van der Waals surface area contributed by atoms with E-state index in [4.69, 9.17) is 4.74 Å². The van der Waals surface area contributed by atoms with Gasteiger partial charge in [-0.3, -0.25) is 4.79 Å². The lowest BCUT2D eigenvalue weighted by Crippen LogP contribution is -2.52.